The van der Waals surface area contributed by atoms with E-state index in [9.17, 15) is 4.79 Å². The van der Waals surface area contributed by atoms with Gasteiger partial charge in [0.2, 0.25) is 0 Å². The van der Waals surface area contributed by atoms with E-state index in [1.54, 1.807) is 23.1 Å². The summed E-state index contributed by atoms with van der Waals surface area (Å²) in [5, 5.41) is 16.0. The number of nitrogens with zero attached hydrogens (tertiary/aromatic N) is 5. The third-order valence-corrected chi connectivity index (χ3v) is 5.39. The normalized spacial score (nSPS) is 10.7. The van der Waals surface area contributed by atoms with Crippen molar-refractivity contribution in [3.8, 4) is 5.69 Å². The zero-order valence-corrected chi connectivity index (χ0v) is 15.7. The standard InChI is InChI=1S/C18H14N6OS2/c25-18(21-14-2-1-3-16(8-14)24-11-20-22-23-24)13-4-6-17(7-5-13)27-10-15-9-26-12-19-15/h1-9,11-12H,10H2,(H,21,25). The van der Waals surface area contributed by atoms with Crippen LogP contribution in [-0.2, 0) is 5.75 Å². The van der Waals surface area contributed by atoms with Crippen molar-refractivity contribution in [3.63, 3.8) is 0 Å². The number of hydrogen-bond donors (Lipinski definition) is 1. The lowest BCUT2D eigenvalue weighted by atomic mass is 10.2. The zero-order valence-electron chi connectivity index (χ0n) is 14.0. The smallest absolute Gasteiger partial charge is 0.255 e. The number of thioether (sulfide) groups is 1. The van der Waals surface area contributed by atoms with Crippen LogP contribution in [0.5, 0.6) is 0 Å². The highest BCUT2D eigenvalue weighted by molar-refractivity contribution is 7.98. The predicted octanol–water partition coefficient (Wildman–Crippen LogP) is 3.66. The van der Waals surface area contributed by atoms with E-state index in [1.165, 1.54) is 11.0 Å². The minimum atomic E-state index is -0.167. The largest absolute Gasteiger partial charge is 0.322 e. The molecule has 0 bridgehead atoms. The van der Waals surface area contributed by atoms with Crippen LogP contribution < -0.4 is 5.32 Å². The molecule has 0 fully saturated rings. The molecule has 27 heavy (non-hydrogen) atoms. The minimum absolute atomic E-state index is 0.167. The first-order valence-corrected chi connectivity index (χ1v) is 9.95. The van der Waals surface area contributed by atoms with Crippen molar-refractivity contribution < 1.29 is 4.79 Å². The average Bonchev–Trinajstić information content (AvgIpc) is 3.41. The van der Waals surface area contributed by atoms with E-state index in [-0.39, 0.29) is 5.91 Å². The van der Waals surface area contributed by atoms with Gasteiger partial charge >= 0.3 is 0 Å². The number of benzene rings is 2. The summed E-state index contributed by atoms with van der Waals surface area (Å²) in [7, 11) is 0. The van der Waals surface area contributed by atoms with Crippen LogP contribution in [0.3, 0.4) is 0 Å². The molecule has 1 amide bonds. The van der Waals surface area contributed by atoms with Gasteiger partial charge in [0.05, 0.1) is 16.9 Å². The summed E-state index contributed by atoms with van der Waals surface area (Å²) in [6.07, 6.45) is 1.50. The number of carbonyl (C=O) groups excluding carboxylic acids is 1. The van der Waals surface area contributed by atoms with Crippen molar-refractivity contribution in [2.24, 2.45) is 0 Å². The number of rotatable bonds is 6. The number of aromatic nitrogens is 5. The highest BCUT2D eigenvalue weighted by Gasteiger charge is 2.08. The molecule has 7 nitrogen and oxygen atoms in total. The lowest BCUT2D eigenvalue weighted by molar-refractivity contribution is 0.102. The van der Waals surface area contributed by atoms with Crippen LogP contribution in [0.2, 0.25) is 0 Å². The SMILES string of the molecule is O=C(Nc1cccc(-n2cnnn2)c1)c1ccc(SCc2cscn2)cc1. The highest BCUT2D eigenvalue weighted by Crippen LogP contribution is 2.23. The molecule has 0 saturated heterocycles. The Morgan fingerprint density at radius 2 is 2.07 bits per heavy atom. The van der Waals surface area contributed by atoms with Crippen LogP contribution in [0.1, 0.15) is 16.1 Å². The molecule has 2 aromatic heterocycles. The first-order chi connectivity index (χ1) is 13.3. The Labute approximate surface area is 163 Å². The molecule has 0 spiro atoms. The van der Waals surface area contributed by atoms with Crippen LogP contribution in [0.15, 0.2) is 70.6 Å². The fourth-order valence-electron chi connectivity index (χ4n) is 2.38. The van der Waals surface area contributed by atoms with Crippen LogP contribution >= 0.6 is 23.1 Å². The molecular formula is C18H14N6OS2. The Morgan fingerprint density at radius 1 is 1.19 bits per heavy atom. The third kappa shape index (κ3) is 4.39. The van der Waals surface area contributed by atoms with Crippen molar-refractivity contribution in [2.45, 2.75) is 10.6 Å². The Morgan fingerprint density at radius 3 is 2.81 bits per heavy atom. The molecule has 9 heteroatoms. The molecule has 4 aromatic rings. The number of carbonyl (C=O) groups is 1. The Bertz CT molecular complexity index is 1020. The first-order valence-electron chi connectivity index (χ1n) is 8.03. The number of tetrazole rings is 1. The molecule has 4 rings (SSSR count). The number of thiazole rings is 1. The predicted molar refractivity (Wildman–Crippen MR) is 105 cm³/mol. The van der Waals surface area contributed by atoms with E-state index >= 15 is 0 Å². The first kappa shape index (κ1) is 17.4. The molecule has 134 valence electrons. The number of amides is 1. The van der Waals surface area contributed by atoms with Gasteiger partial charge in [0, 0.05) is 27.3 Å². The summed E-state index contributed by atoms with van der Waals surface area (Å²) in [6.45, 7) is 0. The van der Waals surface area contributed by atoms with Gasteiger partial charge in [-0.25, -0.2) is 9.67 Å². The number of nitrogens with one attached hydrogen (secondary N) is 1. The molecule has 0 radical (unpaired) electrons. The van der Waals surface area contributed by atoms with Gasteiger partial charge in [-0.2, -0.15) is 0 Å². The van der Waals surface area contributed by atoms with Crippen LogP contribution in [0.4, 0.5) is 5.69 Å². The number of anilines is 1. The van der Waals surface area contributed by atoms with Crippen LogP contribution in [0.25, 0.3) is 5.69 Å². The van der Waals surface area contributed by atoms with Gasteiger partial charge in [0.1, 0.15) is 6.33 Å². The van der Waals surface area contributed by atoms with Gasteiger partial charge in [0.15, 0.2) is 0 Å². The van der Waals surface area contributed by atoms with Crippen LogP contribution in [0, 0.1) is 0 Å². The van der Waals surface area contributed by atoms with E-state index in [1.807, 2.05) is 59.4 Å². The van der Waals surface area contributed by atoms with Gasteiger partial charge in [0.25, 0.3) is 5.91 Å². The molecule has 0 aliphatic rings. The summed E-state index contributed by atoms with van der Waals surface area (Å²) >= 11 is 3.29. The van der Waals surface area contributed by atoms with Crippen LogP contribution in [-0.4, -0.2) is 31.1 Å². The quantitative estimate of drug-likeness (QED) is 0.502. The lowest BCUT2D eigenvalue weighted by Gasteiger charge is -2.08. The summed E-state index contributed by atoms with van der Waals surface area (Å²) < 4.78 is 1.53. The topological polar surface area (TPSA) is 85.6 Å². The third-order valence-electron chi connectivity index (χ3n) is 3.70. The monoisotopic (exact) mass is 394 g/mol. The second-order valence-electron chi connectivity index (χ2n) is 5.55. The molecule has 1 N–H and O–H groups in total. The fourth-order valence-corrected chi connectivity index (χ4v) is 3.84. The summed E-state index contributed by atoms with van der Waals surface area (Å²) in [6, 6.07) is 14.9. The molecule has 2 aromatic carbocycles. The van der Waals surface area contributed by atoms with Gasteiger partial charge in [-0.1, -0.05) is 6.07 Å². The van der Waals surface area contributed by atoms with Gasteiger partial charge < -0.3 is 5.32 Å². The maximum Gasteiger partial charge on any atom is 0.255 e. The molecule has 0 saturated carbocycles. The van der Waals surface area contributed by atoms with E-state index in [2.05, 4.69) is 25.8 Å². The molecular weight excluding hydrogens is 380 g/mol. The Balaban J connectivity index is 1.40. The molecule has 0 aliphatic carbocycles. The van der Waals surface area contributed by atoms with Crippen molar-refractivity contribution in [1.29, 1.82) is 0 Å². The zero-order chi connectivity index (χ0) is 18.5. The molecule has 0 atom stereocenters. The van der Waals surface area contributed by atoms with Gasteiger partial charge in [-0.05, 0) is 52.9 Å². The van der Waals surface area contributed by atoms with E-state index in [0.29, 0.717) is 11.3 Å². The second-order valence-corrected chi connectivity index (χ2v) is 7.32. The minimum Gasteiger partial charge on any atom is -0.322 e. The van der Waals surface area contributed by atoms with Gasteiger partial charge in [-0.15, -0.1) is 28.2 Å². The van der Waals surface area contributed by atoms with Crippen molar-refractivity contribution in [2.75, 3.05) is 5.32 Å². The van der Waals surface area contributed by atoms with E-state index in [4.69, 9.17) is 0 Å². The van der Waals surface area contributed by atoms with E-state index in [0.717, 1.165) is 22.0 Å². The van der Waals surface area contributed by atoms with Crippen molar-refractivity contribution in [1.82, 2.24) is 25.2 Å². The molecule has 2 heterocycles. The second kappa shape index (κ2) is 8.11. The number of hydrogen-bond acceptors (Lipinski definition) is 7. The fraction of sp³-hybridized carbons (Fsp3) is 0.0556. The highest BCUT2D eigenvalue weighted by atomic mass is 32.2. The maximum absolute atomic E-state index is 12.5. The van der Waals surface area contributed by atoms with Crippen molar-refractivity contribution in [3.05, 3.63) is 77.0 Å². The lowest BCUT2D eigenvalue weighted by Crippen LogP contribution is -2.12. The molecule has 0 aliphatic heterocycles. The summed E-state index contributed by atoms with van der Waals surface area (Å²) in [4.78, 5) is 17.9. The summed E-state index contributed by atoms with van der Waals surface area (Å²) in [5.41, 5.74) is 4.94. The Hall–Kier alpha value is -3.04. The summed E-state index contributed by atoms with van der Waals surface area (Å²) in [5.74, 6) is 0.652. The van der Waals surface area contributed by atoms with Gasteiger partial charge in [-0.3, -0.25) is 4.79 Å². The van der Waals surface area contributed by atoms with Crippen molar-refractivity contribution >= 4 is 34.7 Å². The molecule has 0 unspecified atom stereocenters. The average molecular weight is 394 g/mol. The maximum atomic E-state index is 12.5. The Kier molecular flexibility index (Phi) is 5.22. The van der Waals surface area contributed by atoms with E-state index < -0.39 is 0 Å².